The van der Waals surface area contributed by atoms with Crippen LogP contribution in [-0.4, -0.2) is 24.0 Å². The molecule has 2 atom stereocenters. The molecule has 2 unspecified atom stereocenters. The first-order valence-corrected chi connectivity index (χ1v) is 7.39. The van der Waals surface area contributed by atoms with Crippen LogP contribution in [0.3, 0.4) is 0 Å². The minimum absolute atomic E-state index is 0.0667. The molecule has 1 aromatic rings. The highest BCUT2D eigenvalue weighted by Gasteiger charge is 2.24. The van der Waals surface area contributed by atoms with E-state index >= 15 is 0 Å². The van der Waals surface area contributed by atoms with Crippen LogP contribution in [0, 0.1) is 17.2 Å². The van der Waals surface area contributed by atoms with Crippen molar-refractivity contribution < 1.29 is 0 Å². The summed E-state index contributed by atoms with van der Waals surface area (Å²) in [5, 5.41) is 13.0. The third kappa shape index (κ3) is 4.41. The fraction of sp³-hybridized carbons (Fsp3) is 0.643. The molecular weight excluding hydrogens is 242 g/mol. The lowest BCUT2D eigenvalue weighted by molar-refractivity contribution is 0.161. The summed E-state index contributed by atoms with van der Waals surface area (Å²) in [7, 11) is 0. The Morgan fingerprint density at radius 3 is 2.61 bits per heavy atom. The maximum atomic E-state index is 8.79. The second-order valence-electron chi connectivity index (χ2n) is 5.16. The highest BCUT2D eigenvalue weighted by atomic mass is 32.1. The summed E-state index contributed by atoms with van der Waals surface area (Å²) in [5.41, 5.74) is 7.43. The summed E-state index contributed by atoms with van der Waals surface area (Å²) in [5.74, 6) is 0.573. The third-order valence-electron chi connectivity index (χ3n) is 2.89. The average Bonchev–Trinajstić information content (AvgIpc) is 2.78. The number of rotatable bonds is 7. The van der Waals surface area contributed by atoms with Gasteiger partial charge in [0.1, 0.15) is 0 Å². The Bertz CT molecular complexity index is 365. The molecule has 1 rings (SSSR count). The molecule has 0 saturated carbocycles. The van der Waals surface area contributed by atoms with E-state index in [1.165, 1.54) is 5.56 Å². The predicted molar refractivity (Wildman–Crippen MR) is 77.4 cm³/mol. The van der Waals surface area contributed by atoms with E-state index < -0.39 is 0 Å². The third-order valence-corrected chi connectivity index (χ3v) is 3.59. The molecule has 0 amide bonds. The van der Waals surface area contributed by atoms with Crippen LogP contribution in [0.4, 0.5) is 0 Å². The number of thiophene rings is 1. The van der Waals surface area contributed by atoms with Crippen molar-refractivity contribution in [1.82, 2.24) is 4.90 Å². The van der Waals surface area contributed by atoms with Gasteiger partial charge in [0.25, 0.3) is 0 Å². The van der Waals surface area contributed by atoms with Crippen molar-refractivity contribution in [3.63, 3.8) is 0 Å². The lowest BCUT2D eigenvalue weighted by Gasteiger charge is -2.34. The molecule has 1 aromatic heterocycles. The minimum atomic E-state index is 0.0667. The topological polar surface area (TPSA) is 53.0 Å². The van der Waals surface area contributed by atoms with Gasteiger partial charge in [-0.15, -0.1) is 0 Å². The van der Waals surface area contributed by atoms with Gasteiger partial charge in [0.2, 0.25) is 0 Å². The van der Waals surface area contributed by atoms with E-state index in [4.69, 9.17) is 11.0 Å². The lowest BCUT2D eigenvalue weighted by atomic mass is 10.0. The fourth-order valence-electron chi connectivity index (χ4n) is 2.30. The van der Waals surface area contributed by atoms with Gasteiger partial charge >= 0.3 is 0 Å². The molecule has 3 nitrogen and oxygen atoms in total. The average molecular weight is 265 g/mol. The van der Waals surface area contributed by atoms with Gasteiger partial charge < -0.3 is 5.73 Å². The summed E-state index contributed by atoms with van der Waals surface area (Å²) < 4.78 is 0. The molecule has 2 N–H and O–H groups in total. The highest BCUT2D eigenvalue weighted by Crippen LogP contribution is 2.26. The first-order chi connectivity index (χ1) is 8.56. The zero-order valence-corrected chi connectivity index (χ0v) is 12.3. The fourth-order valence-corrected chi connectivity index (χ4v) is 2.99. The monoisotopic (exact) mass is 265 g/mol. The standard InChI is InChI=1S/C14H23N3S/c1-11(2)9-17(7-4-6-15)14(12(3)16)13-5-8-18-10-13/h5,8,10-12,14H,4,7,9,16H2,1-3H3. The molecule has 0 saturated heterocycles. The van der Waals surface area contributed by atoms with Crippen LogP contribution in [0.5, 0.6) is 0 Å². The maximum absolute atomic E-state index is 8.79. The van der Waals surface area contributed by atoms with Gasteiger partial charge in [0, 0.05) is 25.6 Å². The summed E-state index contributed by atoms with van der Waals surface area (Å²) in [6.45, 7) is 8.21. The molecule has 100 valence electrons. The van der Waals surface area contributed by atoms with E-state index in [-0.39, 0.29) is 12.1 Å². The van der Waals surface area contributed by atoms with E-state index in [2.05, 4.69) is 41.6 Å². The van der Waals surface area contributed by atoms with Gasteiger partial charge in [0.15, 0.2) is 0 Å². The largest absolute Gasteiger partial charge is 0.326 e. The van der Waals surface area contributed by atoms with Crippen molar-refractivity contribution in [2.45, 2.75) is 39.3 Å². The Labute approximate surface area is 114 Å². The van der Waals surface area contributed by atoms with Crippen molar-refractivity contribution >= 4 is 11.3 Å². The molecule has 0 fully saturated rings. The molecule has 0 radical (unpaired) electrons. The molecule has 1 heterocycles. The second kappa shape index (κ2) is 7.52. The van der Waals surface area contributed by atoms with Crippen LogP contribution >= 0.6 is 11.3 Å². The quantitative estimate of drug-likeness (QED) is 0.824. The molecule has 0 aliphatic rings. The number of hydrogen-bond donors (Lipinski definition) is 1. The number of hydrogen-bond acceptors (Lipinski definition) is 4. The Morgan fingerprint density at radius 1 is 1.44 bits per heavy atom. The number of nitrogens with two attached hydrogens (primary N) is 1. The Balaban J connectivity index is 2.87. The number of nitriles is 1. The number of nitrogens with zero attached hydrogens (tertiary/aromatic N) is 2. The van der Waals surface area contributed by atoms with Crippen molar-refractivity contribution in [3.8, 4) is 6.07 Å². The molecule has 18 heavy (non-hydrogen) atoms. The van der Waals surface area contributed by atoms with Crippen LogP contribution in [0.2, 0.25) is 0 Å². The molecule has 4 heteroatoms. The van der Waals surface area contributed by atoms with Gasteiger partial charge in [0.05, 0.1) is 12.1 Å². The van der Waals surface area contributed by atoms with Gasteiger partial charge in [-0.05, 0) is 35.2 Å². The van der Waals surface area contributed by atoms with Gasteiger partial charge in [-0.1, -0.05) is 13.8 Å². The molecule has 0 aliphatic carbocycles. The molecular formula is C14H23N3S. The van der Waals surface area contributed by atoms with Crippen LogP contribution in [0.1, 0.15) is 38.8 Å². The predicted octanol–water partition coefficient (Wildman–Crippen LogP) is 3.01. The summed E-state index contributed by atoms with van der Waals surface area (Å²) in [6, 6.07) is 4.65. The maximum Gasteiger partial charge on any atom is 0.0635 e. The SMILES string of the molecule is CC(C)CN(CCC#N)C(c1ccsc1)C(C)N. The van der Waals surface area contributed by atoms with Crippen molar-refractivity contribution in [1.29, 1.82) is 5.26 Å². The van der Waals surface area contributed by atoms with Gasteiger partial charge in [-0.25, -0.2) is 0 Å². The summed E-state index contributed by atoms with van der Waals surface area (Å²) in [6.07, 6.45) is 0.556. The van der Waals surface area contributed by atoms with Crippen molar-refractivity contribution in [2.24, 2.45) is 11.7 Å². The van der Waals surface area contributed by atoms with E-state index in [0.29, 0.717) is 12.3 Å². The van der Waals surface area contributed by atoms with Gasteiger partial charge in [-0.2, -0.15) is 16.6 Å². The zero-order valence-electron chi connectivity index (χ0n) is 11.5. The zero-order chi connectivity index (χ0) is 13.5. The van der Waals surface area contributed by atoms with Crippen LogP contribution < -0.4 is 5.73 Å². The Kier molecular flexibility index (Phi) is 6.34. The van der Waals surface area contributed by atoms with Crippen molar-refractivity contribution in [2.75, 3.05) is 13.1 Å². The molecule has 0 aliphatic heterocycles. The first-order valence-electron chi connectivity index (χ1n) is 6.45. The first kappa shape index (κ1) is 15.2. The van der Waals surface area contributed by atoms with Crippen molar-refractivity contribution in [3.05, 3.63) is 22.4 Å². The van der Waals surface area contributed by atoms with Crippen LogP contribution in [0.15, 0.2) is 16.8 Å². The molecule has 0 bridgehead atoms. The second-order valence-corrected chi connectivity index (χ2v) is 5.94. The van der Waals surface area contributed by atoms with E-state index in [0.717, 1.165) is 13.1 Å². The van der Waals surface area contributed by atoms with E-state index in [9.17, 15) is 0 Å². The van der Waals surface area contributed by atoms with Crippen LogP contribution in [-0.2, 0) is 0 Å². The summed E-state index contributed by atoms with van der Waals surface area (Å²) in [4.78, 5) is 2.35. The van der Waals surface area contributed by atoms with Crippen LogP contribution in [0.25, 0.3) is 0 Å². The molecule has 0 spiro atoms. The Hall–Kier alpha value is -0.890. The normalized spacial score (nSPS) is 14.7. The Morgan fingerprint density at radius 2 is 2.17 bits per heavy atom. The minimum Gasteiger partial charge on any atom is -0.326 e. The summed E-state index contributed by atoms with van der Waals surface area (Å²) >= 11 is 1.70. The smallest absolute Gasteiger partial charge is 0.0635 e. The molecule has 0 aromatic carbocycles. The highest BCUT2D eigenvalue weighted by molar-refractivity contribution is 7.07. The van der Waals surface area contributed by atoms with Gasteiger partial charge in [-0.3, -0.25) is 4.90 Å². The van der Waals surface area contributed by atoms with E-state index in [1.54, 1.807) is 11.3 Å². The lowest BCUT2D eigenvalue weighted by Crippen LogP contribution is -2.41. The van der Waals surface area contributed by atoms with E-state index in [1.807, 2.05) is 6.92 Å².